The highest BCUT2D eigenvalue weighted by Gasteiger charge is 2.21. The highest BCUT2D eigenvalue weighted by atomic mass is 16.5. The summed E-state index contributed by atoms with van der Waals surface area (Å²) in [5.74, 6) is 2.85. The highest BCUT2D eigenvalue weighted by molar-refractivity contribution is 5.89. The molecule has 0 bridgehead atoms. The third-order valence-corrected chi connectivity index (χ3v) is 3.44. The molecule has 0 saturated heterocycles. The molecule has 3 aromatic rings. The molecule has 108 valence electrons. The van der Waals surface area contributed by atoms with Gasteiger partial charge >= 0.3 is 0 Å². The van der Waals surface area contributed by atoms with Gasteiger partial charge in [0.05, 0.1) is 12.7 Å². The van der Waals surface area contributed by atoms with Crippen molar-refractivity contribution in [2.45, 2.75) is 6.92 Å². The van der Waals surface area contributed by atoms with Crippen LogP contribution < -0.4 is 10.5 Å². The van der Waals surface area contributed by atoms with Crippen molar-refractivity contribution in [3.8, 4) is 28.3 Å². The minimum Gasteiger partial charge on any atom is -0.496 e. The molecular formula is C16H17N3O2. The fraction of sp³-hybridized carbons (Fsp3) is 0.188. The molecule has 3 rings (SSSR count). The molecule has 2 N–H and O–H groups in total. The largest absolute Gasteiger partial charge is 0.496 e. The molecule has 0 saturated carbocycles. The smallest absolute Gasteiger partial charge is 0.155 e. The molecule has 1 aromatic carbocycles. The number of para-hydroxylation sites is 1. The Hall–Kier alpha value is -2.69. The van der Waals surface area contributed by atoms with Crippen LogP contribution in [0.25, 0.3) is 22.6 Å². The molecule has 0 aliphatic heterocycles. The maximum Gasteiger partial charge on any atom is 0.155 e. The third-order valence-electron chi connectivity index (χ3n) is 3.44. The second kappa shape index (κ2) is 5.01. The number of ether oxygens (including phenoxy) is 1. The molecule has 0 amide bonds. The number of rotatable bonds is 3. The molecule has 2 aromatic heterocycles. The number of methoxy groups -OCH3 is 1. The van der Waals surface area contributed by atoms with E-state index in [1.54, 1.807) is 11.8 Å². The lowest BCUT2D eigenvalue weighted by molar-refractivity contribution is 0.416. The van der Waals surface area contributed by atoms with Crippen LogP contribution in [0.4, 0.5) is 5.82 Å². The number of furan rings is 1. The molecule has 0 aliphatic carbocycles. The molecular weight excluding hydrogens is 266 g/mol. The highest BCUT2D eigenvalue weighted by Crippen LogP contribution is 2.40. The lowest BCUT2D eigenvalue weighted by Gasteiger charge is -2.08. The number of nitrogens with zero attached hydrogens (tertiary/aromatic N) is 2. The van der Waals surface area contributed by atoms with Crippen molar-refractivity contribution in [2.75, 3.05) is 12.8 Å². The molecule has 0 radical (unpaired) electrons. The summed E-state index contributed by atoms with van der Waals surface area (Å²) in [5.41, 5.74) is 8.64. The minimum atomic E-state index is 0.573. The van der Waals surface area contributed by atoms with Crippen molar-refractivity contribution >= 4 is 5.82 Å². The SMILES string of the molecule is COc1ccccc1-c1c(-c2ccc(C)o2)nn(C)c1N. The van der Waals surface area contributed by atoms with Gasteiger partial charge in [-0.15, -0.1) is 0 Å². The van der Waals surface area contributed by atoms with Gasteiger partial charge in [0.1, 0.15) is 23.0 Å². The van der Waals surface area contributed by atoms with Crippen molar-refractivity contribution in [3.05, 3.63) is 42.2 Å². The van der Waals surface area contributed by atoms with E-state index >= 15 is 0 Å². The fourth-order valence-corrected chi connectivity index (χ4v) is 2.39. The predicted molar refractivity (Wildman–Crippen MR) is 82.0 cm³/mol. The van der Waals surface area contributed by atoms with Gasteiger partial charge in [-0.1, -0.05) is 18.2 Å². The summed E-state index contributed by atoms with van der Waals surface area (Å²) in [4.78, 5) is 0. The molecule has 0 fully saturated rings. The van der Waals surface area contributed by atoms with Crippen molar-refractivity contribution in [1.82, 2.24) is 9.78 Å². The first-order valence-corrected chi connectivity index (χ1v) is 6.64. The van der Waals surface area contributed by atoms with Gasteiger partial charge in [0.25, 0.3) is 0 Å². The van der Waals surface area contributed by atoms with E-state index in [4.69, 9.17) is 14.9 Å². The summed E-state index contributed by atoms with van der Waals surface area (Å²) < 4.78 is 12.8. The zero-order valence-corrected chi connectivity index (χ0v) is 12.3. The van der Waals surface area contributed by atoms with E-state index in [1.165, 1.54) is 0 Å². The summed E-state index contributed by atoms with van der Waals surface area (Å²) in [7, 11) is 3.45. The van der Waals surface area contributed by atoms with Crippen molar-refractivity contribution in [3.63, 3.8) is 0 Å². The second-order valence-electron chi connectivity index (χ2n) is 4.84. The Morgan fingerprint density at radius 3 is 2.62 bits per heavy atom. The zero-order chi connectivity index (χ0) is 15.0. The molecule has 21 heavy (non-hydrogen) atoms. The van der Waals surface area contributed by atoms with Gasteiger partial charge in [-0.3, -0.25) is 4.68 Å². The fourth-order valence-electron chi connectivity index (χ4n) is 2.39. The van der Waals surface area contributed by atoms with Gasteiger partial charge in [-0.25, -0.2) is 0 Å². The first-order valence-electron chi connectivity index (χ1n) is 6.64. The number of benzene rings is 1. The van der Waals surface area contributed by atoms with Crippen LogP contribution in [0.1, 0.15) is 5.76 Å². The Bertz CT molecular complexity index is 787. The van der Waals surface area contributed by atoms with Gasteiger partial charge < -0.3 is 14.9 Å². The number of hydrogen-bond acceptors (Lipinski definition) is 4. The summed E-state index contributed by atoms with van der Waals surface area (Å²) >= 11 is 0. The van der Waals surface area contributed by atoms with E-state index in [2.05, 4.69) is 5.10 Å². The average Bonchev–Trinajstić information content (AvgIpc) is 3.04. The van der Waals surface area contributed by atoms with Crippen LogP contribution in [-0.4, -0.2) is 16.9 Å². The quantitative estimate of drug-likeness (QED) is 0.801. The Balaban J connectivity index is 2.27. The Kier molecular flexibility index (Phi) is 3.17. The summed E-state index contributed by atoms with van der Waals surface area (Å²) in [6.07, 6.45) is 0. The number of hydrogen-bond donors (Lipinski definition) is 1. The van der Waals surface area contributed by atoms with Gasteiger partial charge in [0.15, 0.2) is 5.76 Å². The van der Waals surface area contributed by atoms with Gasteiger partial charge in [0, 0.05) is 12.6 Å². The van der Waals surface area contributed by atoms with Crippen molar-refractivity contribution in [2.24, 2.45) is 7.05 Å². The topological polar surface area (TPSA) is 66.2 Å². The van der Waals surface area contributed by atoms with Crippen LogP contribution in [0.2, 0.25) is 0 Å². The Morgan fingerprint density at radius 2 is 1.95 bits per heavy atom. The number of aryl methyl sites for hydroxylation is 2. The summed E-state index contributed by atoms with van der Waals surface area (Å²) in [6, 6.07) is 11.5. The normalized spacial score (nSPS) is 10.8. The lowest BCUT2D eigenvalue weighted by atomic mass is 10.0. The first kappa shape index (κ1) is 13.3. The zero-order valence-electron chi connectivity index (χ0n) is 12.3. The Morgan fingerprint density at radius 1 is 1.19 bits per heavy atom. The van der Waals surface area contributed by atoms with Crippen LogP contribution in [0, 0.1) is 6.92 Å². The van der Waals surface area contributed by atoms with Crippen molar-refractivity contribution in [1.29, 1.82) is 0 Å². The molecule has 5 heteroatoms. The molecule has 0 aliphatic rings. The van der Waals surface area contributed by atoms with Crippen LogP contribution >= 0.6 is 0 Å². The van der Waals surface area contributed by atoms with E-state index in [9.17, 15) is 0 Å². The third kappa shape index (κ3) is 2.16. The van der Waals surface area contributed by atoms with Crippen molar-refractivity contribution < 1.29 is 9.15 Å². The van der Waals surface area contributed by atoms with Crippen LogP contribution in [0.3, 0.4) is 0 Å². The summed E-state index contributed by atoms with van der Waals surface area (Å²) in [6.45, 7) is 1.90. The van der Waals surface area contributed by atoms with E-state index in [1.807, 2.05) is 50.4 Å². The monoisotopic (exact) mass is 283 g/mol. The van der Waals surface area contributed by atoms with E-state index < -0.39 is 0 Å². The molecule has 0 spiro atoms. The van der Waals surface area contributed by atoms with E-state index in [-0.39, 0.29) is 0 Å². The van der Waals surface area contributed by atoms with Gasteiger partial charge in [0.2, 0.25) is 0 Å². The standard InChI is InChI=1S/C16H17N3O2/c1-10-8-9-13(21-10)15-14(16(17)19(2)18-15)11-6-4-5-7-12(11)20-3/h4-9H,17H2,1-3H3. The van der Waals surface area contributed by atoms with Crippen LogP contribution in [0.5, 0.6) is 5.75 Å². The van der Waals surface area contributed by atoms with Crippen LogP contribution in [0.15, 0.2) is 40.8 Å². The Labute approximate surface area is 122 Å². The first-order chi connectivity index (χ1) is 10.1. The van der Waals surface area contributed by atoms with E-state index in [0.29, 0.717) is 17.3 Å². The van der Waals surface area contributed by atoms with Gasteiger partial charge in [-0.05, 0) is 25.1 Å². The molecule has 0 atom stereocenters. The van der Waals surface area contributed by atoms with Gasteiger partial charge in [-0.2, -0.15) is 5.10 Å². The summed E-state index contributed by atoms with van der Waals surface area (Å²) in [5, 5.41) is 4.49. The number of anilines is 1. The second-order valence-corrected chi connectivity index (χ2v) is 4.84. The number of nitrogen functional groups attached to an aromatic ring is 1. The number of aromatic nitrogens is 2. The number of nitrogens with two attached hydrogens (primary N) is 1. The molecule has 0 unspecified atom stereocenters. The maximum absolute atomic E-state index is 6.21. The lowest BCUT2D eigenvalue weighted by Crippen LogP contribution is -1.98. The van der Waals surface area contributed by atoms with E-state index in [0.717, 1.165) is 22.6 Å². The predicted octanol–water partition coefficient (Wildman–Crippen LogP) is 3.25. The molecule has 2 heterocycles. The average molecular weight is 283 g/mol. The molecule has 5 nitrogen and oxygen atoms in total. The maximum atomic E-state index is 6.21. The minimum absolute atomic E-state index is 0.573. The van der Waals surface area contributed by atoms with Crippen LogP contribution in [-0.2, 0) is 7.05 Å².